The molecular weight excluding hydrogens is 184 g/mol. The Morgan fingerprint density at radius 3 is 1.85 bits per heavy atom. The van der Waals surface area contributed by atoms with E-state index in [9.17, 15) is 19.5 Å². The van der Waals surface area contributed by atoms with E-state index in [1.807, 2.05) is 0 Å². The van der Waals surface area contributed by atoms with Crippen LogP contribution in [-0.2, 0) is 14.4 Å². The predicted molar refractivity (Wildman–Crippen MR) is 37.1 cm³/mol. The first kappa shape index (κ1) is 6.84. The number of rotatable bonds is 5. The van der Waals surface area contributed by atoms with E-state index < -0.39 is 36.4 Å². The Morgan fingerprint density at radius 2 is 1.54 bits per heavy atom. The molecule has 0 saturated carbocycles. The number of carboxylic acid groups (broad SMARTS) is 3. The average molecular weight is 195 g/mol. The first-order valence-corrected chi connectivity index (χ1v) is 3.11. The van der Waals surface area contributed by atoms with Crippen LogP contribution in [0.1, 0.15) is 12.8 Å². The van der Waals surface area contributed by atoms with Crippen molar-refractivity contribution in [2.24, 2.45) is 0 Å². The van der Waals surface area contributed by atoms with E-state index in [1.165, 1.54) is 0 Å². The van der Waals surface area contributed by atoms with Crippen molar-refractivity contribution in [3.63, 3.8) is 0 Å². The molecule has 7 heteroatoms. The van der Waals surface area contributed by atoms with Crippen LogP contribution in [0.25, 0.3) is 4.29 Å². The van der Waals surface area contributed by atoms with Gasteiger partial charge in [0.2, 0.25) is 0 Å². The fourth-order valence-electron chi connectivity index (χ4n) is 0.684. The minimum Gasteiger partial charge on any atom is -0.481 e. The van der Waals surface area contributed by atoms with Crippen LogP contribution in [0, 0.1) is 0 Å². The van der Waals surface area contributed by atoms with Crippen LogP contribution in [0.3, 0.4) is 0 Å². The molecule has 0 aliphatic heterocycles. The van der Waals surface area contributed by atoms with E-state index in [-0.39, 0.29) is 0 Å². The average Bonchev–Trinajstić information content (AvgIpc) is 2.27. The lowest BCUT2D eigenvalue weighted by atomic mass is 9.96. The molecular formula is C6H8O7. The van der Waals surface area contributed by atoms with E-state index >= 15 is 0 Å². The van der Waals surface area contributed by atoms with Crippen LogP contribution in [0.15, 0.2) is 0 Å². The lowest BCUT2D eigenvalue weighted by molar-refractivity contribution is -0.170. The molecule has 7 nitrogen and oxygen atoms in total. The second-order valence-corrected chi connectivity index (χ2v) is 2.42. The number of carbonyl (C=O) groups is 3. The summed E-state index contributed by atoms with van der Waals surface area (Å²) < 4.78 is 18.7. The zero-order valence-electron chi connectivity index (χ0n) is 9.31. The van der Waals surface area contributed by atoms with E-state index in [2.05, 4.69) is 15.3 Å². The molecule has 4 N–H and O–H groups in total. The Morgan fingerprint density at radius 1 is 1.08 bits per heavy atom. The molecule has 0 heterocycles. The molecule has 0 aliphatic rings. The second-order valence-electron chi connectivity index (χ2n) is 2.42. The molecule has 74 valence electrons. The van der Waals surface area contributed by atoms with Crippen LogP contribution < -0.4 is 0 Å². The Labute approximate surface area is 76.7 Å². The minimum atomic E-state index is -2.68. The summed E-state index contributed by atoms with van der Waals surface area (Å²) in [6, 6.07) is 0. The highest BCUT2D eigenvalue weighted by Gasteiger charge is 2.40. The summed E-state index contributed by atoms with van der Waals surface area (Å²) in [5, 5.41) is 19.8. The van der Waals surface area contributed by atoms with Crippen LogP contribution in [0.5, 0.6) is 0 Å². The molecule has 13 heavy (non-hydrogen) atoms. The van der Waals surface area contributed by atoms with Crippen LogP contribution >= 0.6 is 0 Å². The Kier molecular flexibility index (Phi) is 2.03. The fraction of sp³-hybridized carbons (Fsp3) is 0.500. The van der Waals surface area contributed by atoms with Gasteiger partial charge < -0.3 is 20.4 Å². The smallest absolute Gasteiger partial charge is 0.336 e. The van der Waals surface area contributed by atoms with Gasteiger partial charge in [-0.05, 0) is 0 Å². The van der Waals surface area contributed by atoms with Crippen molar-refractivity contribution in [2.75, 3.05) is 0 Å². The predicted octanol–water partition coefficient (Wildman–Crippen LogP) is -1.25. The summed E-state index contributed by atoms with van der Waals surface area (Å²) in [6.07, 6.45) is -2.13. The molecule has 0 bridgehead atoms. The molecule has 0 aromatic rings. The Balaban J connectivity index is 4.81. The summed E-state index contributed by atoms with van der Waals surface area (Å²) in [5.41, 5.74) is -2.68. The first-order chi connectivity index (χ1) is 7.39. The Bertz CT molecular complexity index is 274. The third-order valence-electron chi connectivity index (χ3n) is 1.25. The molecule has 0 aliphatic carbocycles. The molecule has 0 aromatic carbocycles. The third kappa shape index (κ3) is 3.52. The van der Waals surface area contributed by atoms with Gasteiger partial charge in [-0.2, -0.15) is 0 Å². The molecule has 0 amide bonds. The van der Waals surface area contributed by atoms with Gasteiger partial charge in [-0.3, -0.25) is 9.59 Å². The SMILES string of the molecule is [2H]OC(=O)CC(O)(CC(=O)O[2H])C(=O)O[2H]. The third-order valence-corrected chi connectivity index (χ3v) is 1.25. The summed E-state index contributed by atoms with van der Waals surface area (Å²) in [5.74, 6) is -4.22. The van der Waals surface area contributed by atoms with E-state index in [0.717, 1.165) is 0 Å². The minimum absolute atomic E-state index is 1.07. The maximum absolute atomic E-state index is 10.9. The van der Waals surface area contributed by atoms with Crippen molar-refractivity contribution in [2.45, 2.75) is 18.4 Å². The topological polar surface area (TPSA) is 132 Å². The molecule has 0 fully saturated rings. The molecule has 0 rings (SSSR count). The van der Waals surface area contributed by atoms with Gasteiger partial charge in [-0.1, -0.05) is 0 Å². The summed E-state index contributed by atoms with van der Waals surface area (Å²) in [6.45, 7) is 0. The van der Waals surface area contributed by atoms with Gasteiger partial charge in [0, 0.05) is 0 Å². The van der Waals surface area contributed by atoms with Gasteiger partial charge >= 0.3 is 17.9 Å². The molecule has 0 saturated heterocycles. The molecule has 0 atom stereocenters. The Hall–Kier alpha value is -1.63. The second kappa shape index (κ2) is 3.85. The first-order valence-electron chi connectivity index (χ1n) is 4.34. The van der Waals surface area contributed by atoms with E-state index in [4.69, 9.17) is 4.29 Å². The van der Waals surface area contributed by atoms with E-state index in [0.29, 0.717) is 0 Å². The van der Waals surface area contributed by atoms with Gasteiger partial charge in [0.25, 0.3) is 4.29 Å². The number of hydrogen-bond acceptors (Lipinski definition) is 7. The lowest BCUT2D eigenvalue weighted by Gasteiger charge is -2.18. The number of aliphatic hydroxyl groups is 1. The van der Waals surface area contributed by atoms with Crippen LogP contribution in [-0.4, -0.2) is 43.9 Å². The number of hydrogen-bond donors (Lipinski definition) is 4. The lowest BCUT2D eigenvalue weighted by Crippen LogP contribution is -2.42. The largest absolute Gasteiger partial charge is 0.481 e. The normalized spacial score (nSPS) is 13.2. The van der Waals surface area contributed by atoms with Crippen molar-refractivity contribution < 1.29 is 34.8 Å². The van der Waals surface area contributed by atoms with E-state index in [1.54, 1.807) is 0 Å². The summed E-state index contributed by atoms with van der Waals surface area (Å²) >= 11 is 0. The van der Waals surface area contributed by atoms with Crippen molar-refractivity contribution in [3.8, 4) is 0 Å². The maximum Gasteiger partial charge on any atom is 0.336 e. The zero-order valence-corrected chi connectivity index (χ0v) is 6.31. The standard InChI is InChI=1S/C6H8O7/c7-3(8)1-6(13,5(11)12)2-4(9)10/h13H,1-2H2,(H,7,8)(H,9,10)(H,11,12)/i/hD3. The monoisotopic (exact) mass is 195 g/mol. The maximum atomic E-state index is 10.9. The molecule has 0 aromatic heterocycles. The van der Waals surface area contributed by atoms with Gasteiger partial charge in [0.15, 0.2) is 5.60 Å². The highest BCUT2D eigenvalue weighted by molar-refractivity contribution is 5.88. The number of carboxylic acids is 3. The van der Waals surface area contributed by atoms with Gasteiger partial charge in [0.05, 0.1) is 12.8 Å². The number of aliphatic carboxylic acids is 3. The van der Waals surface area contributed by atoms with Crippen molar-refractivity contribution >= 4 is 17.9 Å². The molecule has 0 spiro atoms. The van der Waals surface area contributed by atoms with Crippen LogP contribution in [0.2, 0.25) is 0 Å². The summed E-state index contributed by atoms with van der Waals surface area (Å²) in [4.78, 5) is 32.3. The zero-order chi connectivity index (χ0) is 12.8. The quantitative estimate of drug-likeness (QED) is 0.430. The van der Waals surface area contributed by atoms with Crippen molar-refractivity contribution in [1.29, 1.82) is 4.29 Å². The van der Waals surface area contributed by atoms with Crippen molar-refractivity contribution in [1.82, 2.24) is 0 Å². The molecule has 0 unspecified atom stereocenters. The van der Waals surface area contributed by atoms with Crippen molar-refractivity contribution in [3.05, 3.63) is 0 Å². The fourth-order valence-corrected chi connectivity index (χ4v) is 0.684. The molecule has 0 radical (unpaired) electrons. The van der Waals surface area contributed by atoms with Gasteiger partial charge in [-0.25, -0.2) is 4.79 Å². The van der Waals surface area contributed by atoms with Gasteiger partial charge in [-0.15, -0.1) is 0 Å². The van der Waals surface area contributed by atoms with Crippen LogP contribution in [0.4, 0.5) is 0 Å². The van der Waals surface area contributed by atoms with Gasteiger partial charge in [0.1, 0.15) is 0 Å². The highest BCUT2D eigenvalue weighted by Crippen LogP contribution is 2.15. The highest BCUT2D eigenvalue weighted by atomic mass is 16.4. The summed E-state index contributed by atoms with van der Waals surface area (Å²) in [7, 11) is 0.